The number of rotatable bonds is 3. The van der Waals surface area contributed by atoms with Crippen molar-refractivity contribution in [3.8, 4) is 0 Å². The van der Waals surface area contributed by atoms with Gasteiger partial charge < -0.3 is 4.74 Å². The summed E-state index contributed by atoms with van der Waals surface area (Å²) in [6, 6.07) is 0.324. The highest BCUT2D eigenvalue weighted by Crippen LogP contribution is 2.40. The molecule has 1 saturated carbocycles. The molecule has 3 rings (SSSR count). The predicted molar refractivity (Wildman–Crippen MR) is 86.8 cm³/mol. The third-order valence-electron chi connectivity index (χ3n) is 6.05. The highest BCUT2D eigenvalue weighted by atomic mass is 32.2. The average Bonchev–Trinajstić information content (AvgIpc) is 2.55. The normalized spacial score (nSPS) is 35.5. The van der Waals surface area contributed by atoms with Crippen molar-refractivity contribution in [1.29, 1.82) is 0 Å². The van der Waals surface area contributed by atoms with Crippen LogP contribution in [0.15, 0.2) is 0 Å². The van der Waals surface area contributed by atoms with Crippen LogP contribution in [-0.2, 0) is 14.9 Å². The van der Waals surface area contributed by atoms with Crippen LogP contribution >= 0.6 is 0 Å². The van der Waals surface area contributed by atoms with Crippen LogP contribution in [0.3, 0.4) is 0 Å². The molecule has 0 aromatic carbocycles. The quantitative estimate of drug-likeness (QED) is 0.797. The van der Waals surface area contributed by atoms with Crippen LogP contribution in [0.5, 0.6) is 0 Å². The molecule has 0 unspecified atom stereocenters. The Kier molecular flexibility index (Phi) is 5.12. The molecular formula is C16H30N2O3S. The zero-order chi connectivity index (χ0) is 15.7. The zero-order valence-electron chi connectivity index (χ0n) is 13.9. The molecule has 22 heavy (non-hydrogen) atoms. The molecule has 128 valence electrons. The maximum atomic E-state index is 13.2. The van der Waals surface area contributed by atoms with Gasteiger partial charge in [0, 0.05) is 38.9 Å². The van der Waals surface area contributed by atoms with E-state index in [1.807, 2.05) is 4.31 Å². The zero-order valence-corrected chi connectivity index (χ0v) is 14.7. The largest absolute Gasteiger partial charge is 0.381 e. The van der Waals surface area contributed by atoms with E-state index in [1.165, 1.54) is 19.3 Å². The Morgan fingerprint density at radius 2 is 1.73 bits per heavy atom. The summed E-state index contributed by atoms with van der Waals surface area (Å²) in [7, 11) is -1.58. The lowest BCUT2D eigenvalue weighted by atomic mass is 9.74. The SMILES string of the molecule is C[C@@H]1CCN(S(=O)(=O)N(C)C2CCOCC2)[C@@H]2CCCC[C@@H]12. The molecule has 3 fully saturated rings. The molecule has 3 atom stereocenters. The van der Waals surface area contributed by atoms with Gasteiger partial charge in [0.2, 0.25) is 0 Å². The lowest BCUT2D eigenvalue weighted by Crippen LogP contribution is -2.57. The molecular weight excluding hydrogens is 300 g/mol. The highest BCUT2D eigenvalue weighted by molar-refractivity contribution is 7.86. The molecule has 6 heteroatoms. The van der Waals surface area contributed by atoms with E-state index in [-0.39, 0.29) is 12.1 Å². The average molecular weight is 330 g/mol. The molecule has 1 aliphatic carbocycles. The molecule has 5 nitrogen and oxygen atoms in total. The van der Waals surface area contributed by atoms with Crippen molar-refractivity contribution < 1.29 is 13.2 Å². The topological polar surface area (TPSA) is 49.9 Å². The first-order chi connectivity index (χ1) is 10.5. The number of hydrogen-bond donors (Lipinski definition) is 0. The Bertz CT molecular complexity index is 476. The summed E-state index contributed by atoms with van der Waals surface area (Å²) in [5.41, 5.74) is 0. The highest BCUT2D eigenvalue weighted by Gasteiger charge is 2.44. The standard InChI is InChI=1S/C16H30N2O3S/c1-13-7-10-18(16-6-4-3-5-15(13)16)22(19,20)17(2)14-8-11-21-12-9-14/h13-16H,3-12H2,1-2H3/t13-,15+,16-/m1/s1. The second-order valence-electron chi connectivity index (χ2n) is 7.26. The first-order valence-electron chi connectivity index (χ1n) is 8.84. The van der Waals surface area contributed by atoms with Crippen molar-refractivity contribution in [2.45, 2.75) is 64.0 Å². The summed E-state index contributed by atoms with van der Waals surface area (Å²) in [6.07, 6.45) is 7.29. The molecule has 2 saturated heterocycles. The second-order valence-corrected chi connectivity index (χ2v) is 9.20. The first kappa shape index (κ1) is 16.7. The van der Waals surface area contributed by atoms with Crippen molar-refractivity contribution in [3.63, 3.8) is 0 Å². The maximum Gasteiger partial charge on any atom is 0.282 e. The Hall–Kier alpha value is -0.170. The molecule has 0 radical (unpaired) electrons. The van der Waals surface area contributed by atoms with Crippen molar-refractivity contribution in [3.05, 3.63) is 0 Å². The van der Waals surface area contributed by atoms with E-state index in [4.69, 9.17) is 4.74 Å². The second kappa shape index (κ2) is 6.75. The third kappa shape index (κ3) is 3.07. The van der Waals surface area contributed by atoms with Gasteiger partial charge in [0.05, 0.1) is 0 Å². The van der Waals surface area contributed by atoms with Gasteiger partial charge in [-0.2, -0.15) is 17.0 Å². The van der Waals surface area contributed by atoms with Gasteiger partial charge >= 0.3 is 0 Å². The van der Waals surface area contributed by atoms with E-state index in [2.05, 4.69) is 6.92 Å². The smallest absolute Gasteiger partial charge is 0.282 e. The van der Waals surface area contributed by atoms with Crippen LogP contribution in [0.2, 0.25) is 0 Å². The fraction of sp³-hybridized carbons (Fsp3) is 1.00. The predicted octanol–water partition coefficient (Wildman–Crippen LogP) is 2.24. The third-order valence-corrected chi connectivity index (χ3v) is 8.12. The molecule has 3 aliphatic rings. The van der Waals surface area contributed by atoms with Crippen molar-refractivity contribution in [2.75, 3.05) is 26.8 Å². The van der Waals surface area contributed by atoms with Gasteiger partial charge in [0.15, 0.2) is 0 Å². The van der Waals surface area contributed by atoms with E-state index in [0.29, 0.717) is 31.6 Å². The van der Waals surface area contributed by atoms with E-state index < -0.39 is 10.2 Å². The number of piperidine rings is 1. The fourth-order valence-electron chi connectivity index (χ4n) is 4.56. The van der Waals surface area contributed by atoms with E-state index >= 15 is 0 Å². The van der Waals surface area contributed by atoms with Crippen LogP contribution in [0, 0.1) is 11.8 Å². The van der Waals surface area contributed by atoms with Gasteiger partial charge in [-0.25, -0.2) is 0 Å². The Labute approximate surface area is 135 Å². The van der Waals surface area contributed by atoms with Crippen molar-refractivity contribution in [2.24, 2.45) is 11.8 Å². The van der Waals surface area contributed by atoms with Crippen molar-refractivity contribution >= 4 is 10.2 Å². The Balaban J connectivity index is 1.78. The summed E-state index contributed by atoms with van der Waals surface area (Å²) >= 11 is 0. The van der Waals surface area contributed by atoms with Gasteiger partial charge in [0.1, 0.15) is 0 Å². The van der Waals surface area contributed by atoms with Crippen LogP contribution in [-0.4, -0.2) is 55.9 Å². The molecule has 0 aromatic heterocycles. The van der Waals surface area contributed by atoms with Crippen LogP contribution < -0.4 is 0 Å². The summed E-state index contributed by atoms with van der Waals surface area (Å²) in [4.78, 5) is 0. The maximum absolute atomic E-state index is 13.2. The number of nitrogens with zero attached hydrogens (tertiary/aromatic N) is 2. The number of hydrogen-bond acceptors (Lipinski definition) is 3. The molecule has 2 aliphatic heterocycles. The molecule has 0 aromatic rings. The van der Waals surface area contributed by atoms with Crippen molar-refractivity contribution in [1.82, 2.24) is 8.61 Å². The molecule has 0 spiro atoms. The van der Waals surface area contributed by atoms with Gasteiger partial charge in [0.25, 0.3) is 10.2 Å². The van der Waals surface area contributed by atoms with Gasteiger partial charge in [-0.05, 0) is 43.9 Å². The lowest BCUT2D eigenvalue weighted by molar-refractivity contribution is 0.0532. The summed E-state index contributed by atoms with van der Waals surface area (Å²) < 4.78 is 35.2. The number of fused-ring (bicyclic) bond motifs is 1. The molecule has 0 N–H and O–H groups in total. The van der Waals surface area contributed by atoms with Crippen LogP contribution in [0.4, 0.5) is 0 Å². The first-order valence-corrected chi connectivity index (χ1v) is 10.2. The molecule has 0 bridgehead atoms. The minimum atomic E-state index is -3.34. The lowest BCUT2D eigenvalue weighted by Gasteiger charge is -2.48. The Morgan fingerprint density at radius 1 is 1.05 bits per heavy atom. The summed E-state index contributed by atoms with van der Waals surface area (Å²) in [5.74, 6) is 1.21. The molecule has 2 heterocycles. The monoisotopic (exact) mass is 330 g/mol. The minimum absolute atomic E-state index is 0.0974. The van der Waals surface area contributed by atoms with Gasteiger partial charge in [-0.1, -0.05) is 19.8 Å². The van der Waals surface area contributed by atoms with E-state index in [9.17, 15) is 8.42 Å². The van der Waals surface area contributed by atoms with Crippen LogP contribution in [0.1, 0.15) is 51.9 Å². The molecule has 0 amide bonds. The number of ether oxygens (including phenoxy) is 1. The fourth-order valence-corrected chi connectivity index (χ4v) is 6.42. The summed E-state index contributed by atoms with van der Waals surface area (Å²) in [5, 5.41) is 0. The van der Waals surface area contributed by atoms with Gasteiger partial charge in [-0.3, -0.25) is 0 Å². The van der Waals surface area contributed by atoms with E-state index in [0.717, 1.165) is 25.7 Å². The van der Waals surface area contributed by atoms with Crippen LogP contribution in [0.25, 0.3) is 0 Å². The summed E-state index contributed by atoms with van der Waals surface area (Å²) in [6.45, 7) is 4.34. The van der Waals surface area contributed by atoms with Gasteiger partial charge in [-0.15, -0.1) is 0 Å². The minimum Gasteiger partial charge on any atom is -0.381 e. The Morgan fingerprint density at radius 3 is 2.45 bits per heavy atom. The van der Waals surface area contributed by atoms with E-state index in [1.54, 1.807) is 11.4 Å².